The van der Waals surface area contributed by atoms with Crippen molar-refractivity contribution in [3.63, 3.8) is 0 Å². The second kappa shape index (κ2) is 12.5. The van der Waals surface area contributed by atoms with E-state index in [1.807, 2.05) is 40.7 Å². The molecule has 0 bridgehead atoms. The second-order valence-corrected chi connectivity index (χ2v) is 11.6. The van der Waals surface area contributed by atoms with E-state index in [4.69, 9.17) is 32.7 Å². The van der Waals surface area contributed by atoms with Crippen LogP contribution in [0.4, 0.5) is 4.79 Å². The van der Waals surface area contributed by atoms with Gasteiger partial charge in [-0.2, -0.15) is 6.08 Å². The Morgan fingerprint density at radius 2 is 1.61 bits per heavy atom. The molecular weight excluding hydrogens is 332 g/mol. The minimum atomic E-state index is -1.92. The molecule has 0 aliphatic heterocycles. The van der Waals surface area contributed by atoms with Gasteiger partial charge in [-0.25, -0.2) is 10.9 Å². The SMILES string of the molecule is C/C=C/[CH-]OC(=O)N(C(C)C)C(C)C.[Cl][Ti+]([Cl])[Cl]. The molecule has 0 unspecified atom stereocenters. The van der Waals surface area contributed by atoms with Gasteiger partial charge in [0.2, 0.25) is 0 Å². The van der Waals surface area contributed by atoms with Crippen LogP contribution in [-0.2, 0) is 19.4 Å². The van der Waals surface area contributed by atoms with Gasteiger partial charge in [0, 0.05) is 12.1 Å². The van der Waals surface area contributed by atoms with Crippen LogP contribution in [0.15, 0.2) is 12.2 Å². The number of carbonyl (C=O) groups excluding carboxylic acids is 1. The summed E-state index contributed by atoms with van der Waals surface area (Å²) in [6, 6.07) is 0.308. The van der Waals surface area contributed by atoms with Crippen LogP contribution in [0.2, 0.25) is 0 Å². The van der Waals surface area contributed by atoms with Crippen LogP contribution in [0.1, 0.15) is 34.6 Å². The molecule has 0 atom stereocenters. The summed E-state index contributed by atoms with van der Waals surface area (Å²) in [7, 11) is 14.9. The summed E-state index contributed by atoms with van der Waals surface area (Å²) in [6.45, 7) is 11.1. The Balaban J connectivity index is 0. The molecule has 0 spiro atoms. The van der Waals surface area contributed by atoms with Crippen molar-refractivity contribution in [1.82, 2.24) is 4.90 Å². The topological polar surface area (TPSA) is 29.5 Å². The Kier molecular flexibility index (Phi) is 14.4. The fraction of sp³-hybridized carbons (Fsp3) is 0.636. The van der Waals surface area contributed by atoms with E-state index in [1.54, 1.807) is 11.0 Å². The van der Waals surface area contributed by atoms with Crippen molar-refractivity contribution >= 4 is 34.0 Å². The number of nitrogens with zero attached hydrogens (tertiary/aromatic N) is 1. The zero-order valence-corrected chi connectivity index (χ0v) is 15.1. The first-order chi connectivity index (χ1) is 8.23. The molecule has 3 nitrogen and oxygen atoms in total. The molecule has 0 N–H and O–H groups in total. The minimum absolute atomic E-state index is 0.154. The van der Waals surface area contributed by atoms with Gasteiger partial charge in [0.25, 0.3) is 0 Å². The van der Waals surface area contributed by atoms with Crippen LogP contribution < -0.4 is 0 Å². The molecule has 0 aromatic carbocycles. The molecular formula is C11H20Cl3NO2Ti. The molecule has 106 valence electrons. The molecule has 0 saturated heterocycles. The molecule has 18 heavy (non-hydrogen) atoms. The maximum atomic E-state index is 11.5. The van der Waals surface area contributed by atoms with Crippen LogP contribution >= 0.6 is 27.9 Å². The predicted octanol–water partition coefficient (Wildman–Crippen LogP) is 5.05. The van der Waals surface area contributed by atoms with Gasteiger partial charge in [-0.1, -0.05) is 6.61 Å². The summed E-state index contributed by atoms with van der Waals surface area (Å²) in [5.41, 5.74) is 0. The number of allylic oxidation sites excluding steroid dienone is 1. The van der Waals surface area contributed by atoms with Crippen molar-refractivity contribution in [1.29, 1.82) is 0 Å². The van der Waals surface area contributed by atoms with Gasteiger partial charge in [-0.15, -0.1) is 6.92 Å². The fourth-order valence-corrected chi connectivity index (χ4v) is 1.25. The Hall–Kier alpha value is 0.464. The van der Waals surface area contributed by atoms with Crippen LogP contribution in [-0.4, -0.2) is 23.1 Å². The van der Waals surface area contributed by atoms with E-state index in [2.05, 4.69) is 0 Å². The summed E-state index contributed by atoms with van der Waals surface area (Å²) in [5.74, 6) is 0. The molecule has 0 radical (unpaired) electrons. The van der Waals surface area contributed by atoms with Gasteiger partial charge in [0.15, 0.2) is 0 Å². The molecule has 0 aromatic heterocycles. The van der Waals surface area contributed by atoms with E-state index in [0.717, 1.165) is 0 Å². The van der Waals surface area contributed by atoms with E-state index >= 15 is 0 Å². The molecule has 0 aliphatic carbocycles. The van der Waals surface area contributed by atoms with Gasteiger partial charge in [-0.05, 0) is 27.7 Å². The zero-order chi connectivity index (χ0) is 14.7. The van der Waals surface area contributed by atoms with Crippen LogP contribution in [0.5, 0.6) is 0 Å². The normalized spacial score (nSPS) is 10.1. The molecule has 0 aliphatic rings. The van der Waals surface area contributed by atoms with Crippen molar-refractivity contribution in [2.75, 3.05) is 0 Å². The van der Waals surface area contributed by atoms with E-state index in [0.29, 0.717) is 0 Å². The molecule has 0 rings (SSSR count). The zero-order valence-electron chi connectivity index (χ0n) is 11.3. The number of amides is 1. The number of halogens is 3. The van der Waals surface area contributed by atoms with Crippen LogP contribution in [0, 0.1) is 6.61 Å². The van der Waals surface area contributed by atoms with Crippen molar-refractivity contribution < 1.29 is 24.2 Å². The maximum absolute atomic E-state index is 11.5. The van der Waals surface area contributed by atoms with Gasteiger partial charge in [-0.3, -0.25) is 0 Å². The number of hydrogen-bond acceptors (Lipinski definition) is 2. The summed E-state index contributed by atoms with van der Waals surface area (Å²) in [6.07, 6.45) is 3.20. The first-order valence-corrected chi connectivity index (χ1v) is 12.0. The van der Waals surface area contributed by atoms with E-state index in [9.17, 15) is 4.79 Å². The summed E-state index contributed by atoms with van der Waals surface area (Å²) >= 11 is -1.92. The average Bonchev–Trinajstić information content (AvgIpc) is 2.15. The second-order valence-electron chi connectivity index (χ2n) is 3.85. The Morgan fingerprint density at radius 3 is 1.89 bits per heavy atom. The van der Waals surface area contributed by atoms with Crippen LogP contribution in [0.3, 0.4) is 0 Å². The van der Waals surface area contributed by atoms with E-state index in [1.165, 1.54) is 6.61 Å². The number of ether oxygens (including phenoxy) is 1. The third kappa shape index (κ3) is 12.9. The summed E-state index contributed by atoms with van der Waals surface area (Å²) in [4.78, 5) is 13.2. The first kappa shape index (κ1) is 20.8. The predicted molar refractivity (Wildman–Crippen MR) is 75.3 cm³/mol. The van der Waals surface area contributed by atoms with E-state index in [-0.39, 0.29) is 18.2 Å². The van der Waals surface area contributed by atoms with Gasteiger partial charge in [0.05, 0.1) is 0 Å². The molecule has 7 heteroatoms. The van der Waals surface area contributed by atoms with Crippen molar-refractivity contribution in [2.45, 2.75) is 46.7 Å². The standard InChI is InChI=1S/C11H20NO2.3ClH.Ti/c1-6-7-8-14-11(13)12(9(2)3)10(4)5;;;;/h6-10H,1-5H3;3*1H;/q-1;;;;+4/p-3/b7-6+;;;;. The van der Waals surface area contributed by atoms with Crippen molar-refractivity contribution in [2.24, 2.45) is 0 Å². The quantitative estimate of drug-likeness (QED) is 0.524. The number of hydrogen-bond donors (Lipinski definition) is 0. The molecule has 0 fully saturated rings. The Labute approximate surface area is 128 Å². The third-order valence-corrected chi connectivity index (χ3v) is 1.76. The first-order valence-electron chi connectivity index (χ1n) is 5.50. The van der Waals surface area contributed by atoms with Gasteiger partial charge >= 0.3 is 48.7 Å². The number of rotatable bonds is 4. The van der Waals surface area contributed by atoms with Crippen molar-refractivity contribution in [3.8, 4) is 0 Å². The summed E-state index contributed by atoms with van der Waals surface area (Å²) < 4.78 is 4.94. The molecule has 1 amide bonds. The molecule has 0 saturated carbocycles. The monoisotopic (exact) mass is 351 g/mol. The molecule has 0 aromatic rings. The number of carbonyl (C=O) groups is 1. The van der Waals surface area contributed by atoms with Crippen molar-refractivity contribution in [3.05, 3.63) is 18.8 Å². The third-order valence-electron chi connectivity index (χ3n) is 1.76. The van der Waals surface area contributed by atoms with E-state index < -0.39 is 14.7 Å². The van der Waals surface area contributed by atoms with Crippen LogP contribution in [0.25, 0.3) is 0 Å². The summed E-state index contributed by atoms with van der Waals surface area (Å²) in [5, 5.41) is 0. The fourth-order valence-electron chi connectivity index (χ4n) is 1.25. The molecule has 0 heterocycles. The average molecular weight is 353 g/mol. The van der Waals surface area contributed by atoms with Gasteiger partial charge < -0.3 is 9.64 Å². The van der Waals surface area contributed by atoms with Gasteiger partial charge in [0.1, 0.15) is 0 Å². The Morgan fingerprint density at radius 1 is 1.22 bits per heavy atom. The Bertz CT molecular complexity index is 238.